The second-order valence-corrected chi connectivity index (χ2v) is 5.25. The highest BCUT2D eigenvalue weighted by molar-refractivity contribution is 7.11. The van der Waals surface area contributed by atoms with Gasteiger partial charge in [0.25, 0.3) is 0 Å². The Morgan fingerprint density at radius 2 is 2.18 bits per heavy atom. The first kappa shape index (κ1) is 14.1. The molecule has 0 bridgehead atoms. The Balaban J connectivity index is 2.47. The number of nitrogens with one attached hydrogen (secondary N) is 1. The average molecular weight is 258 g/mol. The number of nitrogens with two attached hydrogens (primary N) is 1. The minimum atomic E-state index is 0.107. The van der Waals surface area contributed by atoms with Gasteiger partial charge in [0.1, 0.15) is 0 Å². The van der Waals surface area contributed by atoms with Gasteiger partial charge in [0.05, 0.1) is 6.10 Å². The lowest BCUT2D eigenvalue weighted by molar-refractivity contribution is 0.245. The first-order valence-electron chi connectivity index (χ1n) is 5.81. The molecule has 0 aliphatic heterocycles. The topological polar surface area (TPSA) is 63.4 Å². The molecule has 0 spiro atoms. The third kappa shape index (κ3) is 4.79. The highest BCUT2D eigenvalue weighted by Gasteiger charge is 2.13. The van der Waals surface area contributed by atoms with Gasteiger partial charge >= 0.3 is 0 Å². The van der Waals surface area contributed by atoms with Crippen LogP contribution >= 0.6 is 11.5 Å². The molecule has 0 aliphatic rings. The number of hydrogen-bond acceptors (Lipinski definition) is 6. The van der Waals surface area contributed by atoms with E-state index >= 15 is 0 Å². The molecule has 1 aromatic rings. The Morgan fingerprint density at radius 1 is 1.47 bits per heavy atom. The van der Waals surface area contributed by atoms with Gasteiger partial charge in [-0.2, -0.15) is 4.37 Å². The Morgan fingerprint density at radius 3 is 2.76 bits per heavy atom. The van der Waals surface area contributed by atoms with E-state index in [4.69, 9.17) is 10.5 Å². The van der Waals surface area contributed by atoms with E-state index in [2.05, 4.69) is 28.7 Å². The van der Waals surface area contributed by atoms with Crippen molar-refractivity contribution >= 4 is 22.4 Å². The third-order valence-corrected chi connectivity index (χ3v) is 2.90. The molecule has 0 unspecified atom stereocenters. The van der Waals surface area contributed by atoms with Crippen LogP contribution in [0.25, 0.3) is 0 Å². The zero-order chi connectivity index (χ0) is 12.8. The molecule has 0 aliphatic carbocycles. The van der Waals surface area contributed by atoms with Crippen LogP contribution in [0.2, 0.25) is 0 Å². The van der Waals surface area contributed by atoms with Crippen LogP contribution < -0.4 is 15.8 Å². The van der Waals surface area contributed by atoms with Gasteiger partial charge in [-0.1, -0.05) is 0 Å². The van der Waals surface area contributed by atoms with E-state index in [1.807, 2.05) is 13.8 Å². The van der Waals surface area contributed by atoms with Crippen molar-refractivity contribution < 1.29 is 4.74 Å². The summed E-state index contributed by atoms with van der Waals surface area (Å²) in [6, 6.07) is 0. The highest BCUT2D eigenvalue weighted by Crippen LogP contribution is 2.35. The van der Waals surface area contributed by atoms with Crippen molar-refractivity contribution in [3.8, 4) is 5.75 Å². The van der Waals surface area contributed by atoms with Crippen molar-refractivity contribution in [3.63, 3.8) is 0 Å². The SMILES string of the molecule is CC(C)Oc1c(N)nsc1NCCCN(C)C. The summed E-state index contributed by atoms with van der Waals surface area (Å²) < 4.78 is 9.75. The fourth-order valence-corrected chi connectivity index (χ4v) is 2.03. The van der Waals surface area contributed by atoms with Crippen LogP contribution in [0.3, 0.4) is 0 Å². The molecule has 17 heavy (non-hydrogen) atoms. The predicted octanol–water partition coefficient (Wildman–Crippen LogP) is 1.88. The predicted molar refractivity (Wildman–Crippen MR) is 74.0 cm³/mol. The number of aromatic nitrogens is 1. The molecular weight excluding hydrogens is 236 g/mol. The minimum absolute atomic E-state index is 0.107. The number of nitrogens with zero attached hydrogens (tertiary/aromatic N) is 2. The minimum Gasteiger partial charge on any atom is -0.484 e. The fraction of sp³-hybridized carbons (Fsp3) is 0.727. The zero-order valence-electron chi connectivity index (χ0n) is 11.0. The molecule has 0 fully saturated rings. The van der Waals surface area contributed by atoms with Gasteiger partial charge < -0.3 is 20.7 Å². The van der Waals surface area contributed by atoms with Gasteiger partial charge in [-0.25, -0.2) is 0 Å². The van der Waals surface area contributed by atoms with Gasteiger partial charge in [0, 0.05) is 6.54 Å². The lowest BCUT2D eigenvalue weighted by Crippen LogP contribution is -2.16. The van der Waals surface area contributed by atoms with Crippen molar-refractivity contribution in [1.82, 2.24) is 9.27 Å². The normalized spacial score (nSPS) is 11.2. The van der Waals surface area contributed by atoms with E-state index in [0.717, 1.165) is 24.5 Å². The molecule has 0 saturated carbocycles. The monoisotopic (exact) mass is 258 g/mol. The maximum Gasteiger partial charge on any atom is 0.197 e. The first-order valence-corrected chi connectivity index (χ1v) is 6.58. The van der Waals surface area contributed by atoms with Crippen LogP contribution in [0.4, 0.5) is 10.8 Å². The molecule has 0 radical (unpaired) electrons. The average Bonchev–Trinajstić information content (AvgIpc) is 2.55. The smallest absolute Gasteiger partial charge is 0.197 e. The Kier molecular flexibility index (Phi) is 5.50. The fourth-order valence-electron chi connectivity index (χ4n) is 1.35. The lowest BCUT2D eigenvalue weighted by Gasteiger charge is -2.12. The van der Waals surface area contributed by atoms with E-state index in [1.165, 1.54) is 11.5 Å². The van der Waals surface area contributed by atoms with E-state index in [1.54, 1.807) is 0 Å². The molecule has 6 heteroatoms. The molecule has 0 atom stereocenters. The second kappa shape index (κ2) is 6.66. The van der Waals surface area contributed by atoms with Gasteiger partial charge in [-0.15, -0.1) is 0 Å². The number of anilines is 2. The number of rotatable bonds is 7. The molecule has 1 aromatic heterocycles. The Labute approximate surface area is 107 Å². The molecule has 0 amide bonds. The largest absolute Gasteiger partial charge is 0.484 e. The first-order chi connectivity index (χ1) is 8.00. The summed E-state index contributed by atoms with van der Waals surface area (Å²) in [5.74, 6) is 1.16. The maximum atomic E-state index is 5.77. The third-order valence-electron chi connectivity index (χ3n) is 2.10. The summed E-state index contributed by atoms with van der Waals surface area (Å²) in [4.78, 5) is 2.16. The van der Waals surface area contributed by atoms with E-state index in [9.17, 15) is 0 Å². The molecule has 3 N–H and O–H groups in total. The summed E-state index contributed by atoms with van der Waals surface area (Å²) in [6.45, 7) is 5.91. The van der Waals surface area contributed by atoms with Crippen LogP contribution in [0.5, 0.6) is 5.75 Å². The van der Waals surface area contributed by atoms with Crippen molar-refractivity contribution in [2.45, 2.75) is 26.4 Å². The zero-order valence-corrected chi connectivity index (χ0v) is 11.8. The summed E-state index contributed by atoms with van der Waals surface area (Å²) in [5, 5.41) is 4.25. The molecule has 0 aromatic carbocycles. The van der Waals surface area contributed by atoms with Crippen LogP contribution in [-0.2, 0) is 0 Å². The number of nitrogen functional groups attached to an aromatic ring is 1. The van der Waals surface area contributed by atoms with Crippen LogP contribution in [0, 0.1) is 0 Å². The molecule has 98 valence electrons. The Bertz CT molecular complexity index is 338. The molecular formula is C11H22N4OS. The maximum absolute atomic E-state index is 5.77. The van der Waals surface area contributed by atoms with E-state index in [0.29, 0.717) is 11.6 Å². The van der Waals surface area contributed by atoms with E-state index in [-0.39, 0.29) is 6.10 Å². The van der Waals surface area contributed by atoms with E-state index < -0.39 is 0 Å². The summed E-state index contributed by atoms with van der Waals surface area (Å²) >= 11 is 1.35. The van der Waals surface area contributed by atoms with Crippen LogP contribution in [0.1, 0.15) is 20.3 Å². The Hall–Kier alpha value is -1.01. The van der Waals surface area contributed by atoms with Crippen molar-refractivity contribution in [2.75, 3.05) is 38.2 Å². The van der Waals surface area contributed by atoms with Crippen LogP contribution in [0.15, 0.2) is 0 Å². The second-order valence-electron chi connectivity index (χ2n) is 4.48. The lowest BCUT2D eigenvalue weighted by atomic mass is 10.4. The summed E-state index contributed by atoms with van der Waals surface area (Å²) in [5.41, 5.74) is 5.77. The summed E-state index contributed by atoms with van der Waals surface area (Å²) in [7, 11) is 4.13. The summed E-state index contributed by atoms with van der Waals surface area (Å²) in [6.07, 6.45) is 1.18. The molecule has 0 saturated heterocycles. The van der Waals surface area contributed by atoms with Gasteiger partial charge in [-0.05, 0) is 52.4 Å². The van der Waals surface area contributed by atoms with Gasteiger partial charge in [-0.3, -0.25) is 0 Å². The van der Waals surface area contributed by atoms with Crippen LogP contribution in [-0.4, -0.2) is 42.6 Å². The highest BCUT2D eigenvalue weighted by atomic mass is 32.1. The van der Waals surface area contributed by atoms with Crippen molar-refractivity contribution in [2.24, 2.45) is 0 Å². The number of hydrogen-bond donors (Lipinski definition) is 2. The number of ether oxygens (including phenoxy) is 1. The van der Waals surface area contributed by atoms with Crippen molar-refractivity contribution in [1.29, 1.82) is 0 Å². The molecule has 1 heterocycles. The standard InChI is InChI=1S/C11H22N4OS/c1-8(2)16-9-10(12)14-17-11(9)13-6-5-7-15(3)4/h8,13H,5-7H2,1-4H3,(H2,12,14). The molecule has 5 nitrogen and oxygen atoms in total. The van der Waals surface area contributed by atoms with Gasteiger partial charge in [0.15, 0.2) is 16.6 Å². The molecule has 1 rings (SSSR count). The van der Waals surface area contributed by atoms with Crippen molar-refractivity contribution in [3.05, 3.63) is 0 Å². The van der Waals surface area contributed by atoms with Gasteiger partial charge in [0.2, 0.25) is 0 Å². The quantitative estimate of drug-likeness (QED) is 0.731.